The Labute approximate surface area is 109 Å². The molecule has 1 N–H and O–H groups in total. The number of aryl methyl sites for hydroxylation is 2. The number of fused-ring (bicyclic) bond motifs is 1. The average Bonchev–Trinajstić information content (AvgIpc) is 2.37. The highest BCUT2D eigenvalue weighted by molar-refractivity contribution is 5.55. The summed E-state index contributed by atoms with van der Waals surface area (Å²) in [6, 6.07) is 4.61. The predicted octanol–water partition coefficient (Wildman–Crippen LogP) is 3.29. The number of aromatic nitrogens is 1. The lowest BCUT2D eigenvalue weighted by Gasteiger charge is -2.21. The molecular weight excluding hydrogens is 222 g/mol. The summed E-state index contributed by atoms with van der Waals surface area (Å²) in [6.45, 7) is 6.47. The summed E-state index contributed by atoms with van der Waals surface area (Å²) in [7, 11) is 0. The maximum atomic E-state index is 9.24. The van der Waals surface area contributed by atoms with Crippen molar-refractivity contribution in [1.82, 2.24) is 4.98 Å². The number of pyridine rings is 1. The van der Waals surface area contributed by atoms with Gasteiger partial charge in [0.1, 0.15) is 11.9 Å². The Morgan fingerprint density at radius 2 is 2.00 bits per heavy atom. The minimum atomic E-state index is 0.325. The maximum absolute atomic E-state index is 9.24. The second-order valence-electron chi connectivity index (χ2n) is 5.49. The first-order chi connectivity index (χ1) is 8.61. The van der Waals surface area contributed by atoms with E-state index in [2.05, 4.69) is 37.1 Å². The highest BCUT2D eigenvalue weighted by Crippen LogP contribution is 2.25. The number of hydrogen-bond donors (Lipinski definition) is 1. The molecule has 1 aliphatic carbocycles. The normalized spacial score (nSPS) is 15.9. The third-order valence-electron chi connectivity index (χ3n) is 3.79. The summed E-state index contributed by atoms with van der Waals surface area (Å²) in [5, 5.41) is 12.6. The molecule has 0 amide bonds. The van der Waals surface area contributed by atoms with Crippen molar-refractivity contribution in [2.45, 2.75) is 52.5 Å². The predicted molar refractivity (Wildman–Crippen MR) is 73.5 cm³/mol. The maximum Gasteiger partial charge on any atom is 0.144 e. The molecule has 0 aromatic carbocycles. The van der Waals surface area contributed by atoms with Crippen LogP contribution in [0.1, 0.15) is 50.4 Å². The lowest BCUT2D eigenvalue weighted by molar-refractivity contribution is 0.557. The summed E-state index contributed by atoms with van der Waals surface area (Å²) in [4.78, 5) is 4.67. The smallest absolute Gasteiger partial charge is 0.144 e. The molecule has 0 aliphatic heterocycles. The molecule has 0 spiro atoms. The van der Waals surface area contributed by atoms with Crippen LogP contribution in [0.3, 0.4) is 0 Å². The molecule has 1 atom stereocenters. The SMILES string of the molecule is CC(C)C(C)Nc1nc2c(cc1C#N)CCCC2. The van der Waals surface area contributed by atoms with Crippen LogP contribution >= 0.6 is 0 Å². The third kappa shape index (κ3) is 2.64. The molecular formula is C15H21N3. The van der Waals surface area contributed by atoms with Gasteiger partial charge in [0.2, 0.25) is 0 Å². The van der Waals surface area contributed by atoms with Crippen LogP contribution in [0.15, 0.2) is 6.07 Å². The molecule has 18 heavy (non-hydrogen) atoms. The summed E-state index contributed by atoms with van der Waals surface area (Å²) in [5.74, 6) is 1.29. The Hall–Kier alpha value is -1.56. The standard InChI is InChI=1S/C15H21N3/c1-10(2)11(3)17-15-13(9-16)8-12-6-4-5-7-14(12)18-15/h8,10-11H,4-7H2,1-3H3,(H,17,18). The molecule has 3 heteroatoms. The van der Waals surface area contributed by atoms with E-state index in [0.717, 1.165) is 18.7 Å². The Morgan fingerprint density at radius 1 is 1.28 bits per heavy atom. The molecule has 1 aromatic rings. The topological polar surface area (TPSA) is 48.7 Å². The van der Waals surface area contributed by atoms with Crippen LogP contribution in [0, 0.1) is 17.2 Å². The summed E-state index contributed by atoms with van der Waals surface area (Å²) in [5.41, 5.74) is 3.13. The second kappa shape index (κ2) is 5.39. The summed E-state index contributed by atoms with van der Waals surface area (Å²) >= 11 is 0. The first-order valence-corrected chi connectivity index (χ1v) is 6.81. The molecule has 3 nitrogen and oxygen atoms in total. The van der Waals surface area contributed by atoms with Gasteiger partial charge < -0.3 is 5.32 Å². The van der Waals surface area contributed by atoms with Crippen LogP contribution < -0.4 is 5.32 Å². The van der Waals surface area contributed by atoms with E-state index in [9.17, 15) is 5.26 Å². The average molecular weight is 243 g/mol. The van der Waals surface area contributed by atoms with Gasteiger partial charge in [-0.25, -0.2) is 4.98 Å². The highest BCUT2D eigenvalue weighted by atomic mass is 15.0. The number of hydrogen-bond acceptors (Lipinski definition) is 3. The zero-order valence-corrected chi connectivity index (χ0v) is 11.5. The monoisotopic (exact) mass is 243 g/mol. The Bertz CT molecular complexity index is 471. The quantitative estimate of drug-likeness (QED) is 0.886. The fourth-order valence-electron chi connectivity index (χ4n) is 2.21. The van der Waals surface area contributed by atoms with Crippen LogP contribution in [0.25, 0.3) is 0 Å². The van der Waals surface area contributed by atoms with E-state index < -0.39 is 0 Å². The van der Waals surface area contributed by atoms with Crippen molar-refractivity contribution in [3.63, 3.8) is 0 Å². The Morgan fingerprint density at radius 3 is 2.67 bits per heavy atom. The zero-order valence-electron chi connectivity index (χ0n) is 11.5. The van der Waals surface area contributed by atoms with Gasteiger partial charge in [-0.2, -0.15) is 5.26 Å². The van der Waals surface area contributed by atoms with Gasteiger partial charge in [0.15, 0.2) is 0 Å². The number of nitrogens with one attached hydrogen (secondary N) is 1. The first-order valence-electron chi connectivity index (χ1n) is 6.81. The molecule has 0 radical (unpaired) electrons. The van der Waals surface area contributed by atoms with E-state index in [0.29, 0.717) is 17.5 Å². The molecule has 1 unspecified atom stereocenters. The van der Waals surface area contributed by atoms with E-state index in [4.69, 9.17) is 0 Å². The summed E-state index contributed by atoms with van der Waals surface area (Å²) in [6.07, 6.45) is 4.54. The van der Waals surface area contributed by atoms with E-state index in [1.165, 1.54) is 24.1 Å². The number of anilines is 1. The van der Waals surface area contributed by atoms with Crippen molar-refractivity contribution < 1.29 is 0 Å². The minimum absolute atomic E-state index is 0.325. The molecule has 0 bridgehead atoms. The van der Waals surface area contributed by atoms with Crippen LogP contribution in [-0.2, 0) is 12.8 Å². The second-order valence-corrected chi connectivity index (χ2v) is 5.49. The van der Waals surface area contributed by atoms with Crippen molar-refractivity contribution in [2.75, 3.05) is 5.32 Å². The number of nitriles is 1. The third-order valence-corrected chi connectivity index (χ3v) is 3.79. The Kier molecular flexibility index (Phi) is 3.86. The fourth-order valence-corrected chi connectivity index (χ4v) is 2.21. The largest absolute Gasteiger partial charge is 0.366 e. The van der Waals surface area contributed by atoms with Gasteiger partial charge in [0.25, 0.3) is 0 Å². The molecule has 2 rings (SSSR count). The van der Waals surface area contributed by atoms with Crippen LogP contribution in [0.5, 0.6) is 0 Å². The van der Waals surface area contributed by atoms with E-state index in [1.807, 2.05) is 6.07 Å². The lowest BCUT2D eigenvalue weighted by Crippen LogP contribution is -2.23. The van der Waals surface area contributed by atoms with Crippen molar-refractivity contribution in [1.29, 1.82) is 5.26 Å². The van der Waals surface area contributed by atoms with Crippen molar-refractivity contribution in [3.8, 4) is 6.07 Å². The number of rotatable bonds is 3. The molecule has 0 saturated carbocycles. The van der Waals surface area contributed by atoms with Crippen LogP contribution in [-0.4, -0.2) is 11.0 Å². The molecule has 1 aromatic heterocycles. The summed E-state index contributed by atoms with van der Waals surface area (Å²) < 4.78 is 0. The lowest BCUT2D eigenvalue weighted by atomic mass is 9.95. The highest BCUT2D eigenvalue weighted by Gasteiger charge is 2.16. The molecule has 1 aliphatic rings. The van der Waals surface area contributed by atoms with Crippen LogP contribution in [0.2, 0.25) is 0 Å². The molecule has 96 valence electrons. The zero-order chi connectivity index (χ0) is 13.1. The van der Waals surface area contributed by atoms with Gasteiger partial charge in [-0.15, -0.1) is 0 Å². The van der Waals surface area contributed by atoms with Gasteiger partial charge in [0.05, 0.1) is 5.56 Å². The number of nitrogens with zero attached hydrogens (tertiary/aromatic N) is 2. The van der Waals surface area contributed by atoms with Crippen LogP contribution in [0.4, 0.5) is 5.82 Å². The molecule has 0 fully saturated rings. The van der Waals surface area contributed by atoms with Gasteiger partial charge >= 0.3 is 0 Å². The van der Waals surface area contributed by atoms with E-state index in [1.54, 1.807) is 0 Å². The fraction of sp³-hybridized carbons (Fsp3) is 0.600. The minimum Gasteiger partial charge on any atom is -0.366 e. The van der Waals surface area contributed by atoms with Crippen molar-refractivity contribution in [2.24, 2.45) is 5.92 Å². The van der Waals surface area contributed by atoms with Crippen molar-refractivity contribution in [3.05, 3.63) is 22.9 Å². The van der Waals surface area contributed by atoms with E-state index in [-0.39, 0.29) is 0 Å². The van der Waals surface area contributed by atoms with Gasteiger partial charge in [-0.3, -0.25) is 0 Å². The molecule has 1 heterocycles. The van der Waals surface area contributed by atoms with Gasteiger partial charge in [-0.1, -0.05) is 13.8 Å². The Balaban J connectivity index is 2.31. The van der Waals surface area contributed by atoms with E-state index >= 15 is 0 Å². The van der Waals surface area contributed by atoms with Crippen molar-refractivity contribution >= 4 is 5.82 Å². The van der Waals surface area contributed by atoms with Gasteiger partial charge in [0, 0.05) is 11.7 Å². The first kappa shape index (κ1) is 12.9. The molecule has 0 saturated heterocycles. The van der Waals surface area contributed by atoms with Gasteiger partial charge in [-0.05, 0) is 50.2 Å².